The number of carbonyl (C=O) groups excluding carboxylic acids is 10. The predicted octanol–water partition coefficient (Wildman–Crippen LogP) is 6.76. The number of halogens is 1. The van der Waals surface area contributed by atoms with Crippen molar-refractivity contribution in [2.45, 2.75) is 97.4 Å². The van der Waals surface area contributed by atoms with Gasteiger partial charge in [-0.3, -0.25) is 57.5 Å². The molecule has 9 aromatic rings. The van der Waals surface area contributed by atoms with E-state index in [1.54, 1.807) is 105 Å². The van der Waals surface area contributed by atoms with Gasteiger partial charge in [-0.1, -0.05) is 43.0 Å². The molecule has 0 saturated heterocycles. The number of carbonyl (C=O) groups is 10. The molecule has 2 aromatic carbocycles. The van der Waals surface area contributed by atoms with Gasteiger partial charge in [-0.25, -0.2) is 15.0 Å². The average molecular weight is 1710 g/mol. The zero-order chi connectivity index (χ0) is 86.3. The summed E-state index contributed by atoms with van der Waals surface area (Å²) in [6.07, 6.45) is 13.6. The molecule has 8 heterocycles. The number of nitrogens with zero attached hydrogens (tertiary/aromatic N) is 12. The van der Waals surface area contributed by atoms with E-state index in [4.69, 9.17) is 45.0 Å². The third kappa shape index (κ3) is 27.5. The molecule has 0 saturated carbocycles. The molecule has 10 rings (SSSR count). The minimum Gasteiger partial charge on any atom is -0.491 e. The number of anilines is 4. The molecule has 0 radical (unpaired) electrons. The normalized spacial score (nSPS) is 12.2. The van der Waals surface area contributed by atoms with Crippen LogP contribution in [0.15, 0.2) is 103 Å². The van der Waals surface area contributed by atoms with E-state index in [-0.39, 0.29) is 129 Å². The van der Waals surface area contributed by atoms with Crippen molar-refractivity contribution >= 4 is 111 Å². The quantitative estimate of drug-likeness (QED) is 0.0140. The molecule has 0 bridgehead atoms. The third-order valence-corrected chi connectivity index (χ3v) is 20.6. The Morgan fingerprint density at radius 1 is 0.479 bits per heavy atom. The van der Waals surface area contributed by atoms with Crippen molar-refractivity contribution in [3.63, 3.8) is 0 Å². The zero-order valence-corrected chi connectivity index (χ0v) is 70.7. The number of unbranched alkanes of at least 4 members (excludes halogenated alkanes) is 4. The maximum absolute atomic E-state index is 13.6. The third-order valence-electron chi connectivity index (χ3n) is 19.2. The number of aryl methyl sites for hydroxylation is 7. The first-order valence-corrected chi connectivity index (χ1v) is 41.0. The van der Waals surface area contributed by atoms with Gasteiger partial charge in [0, 0.05) is 164 Å². The molecule has 0 spiro atoms. The lowest BCUT2D eigenvalue weighted by atomic mass is 9.99. The van der Waals surface area contributed by atoms with Gasteiger partial charge in [-0.15, -0.1) is 21.5 Å². The maximum Gasteiger partial charge on any atom is 0.291 e. The number of imidazole rings is 3. The fourth-order valence-electron chi connectivity index (χ4n) is 12.8. The number of hydrogen-bond acceptors (Lipinski definition) is 23. The maximum atomic E-state index is 13.6. The number of benzene rings is 2. The highest BCUT2D eigenvalue weighted by Gasteiger charge is 2.33. The number of aromatic nitrogens is 11. The molecule has 9 amide bonds. The minimum absolute atomic E-state index is 0.00896. The van der Waals surface area contributed by atoms with Crippen molar-refractivity contribution in [2.24, 2.45) is 40.2 Å². The van der Waals surface area contributed by atoms with Crippen LogP contribution in [0.4, 0.5) is 23.0 Å². The molecule has 0 unspecified atom stereocenters. The summed E-state index contributed by atoms with van der Waals surface area (Å²) in [4.78, 5) is 148. The van der Waals surface area contributed by atoms with E-state index >= 15 is 0 Å². The number of aliphatic imine (C=N–C) groups is 1. The van der Waals surface area contributed by atoms with E-state index in [2.05, 4.69) is 86.8 Å². The highest BCUT2D eigenvalue weighted by atomic mass is 35.5. The number of thiophene rings is 1. The number of amides is 9. The first kappa shape index (κ1) is 91.2. The smallest absolute Gasteiger partial charge is 0.291 e. The Balaban J connectivity index is 0.471. The molecular weight excluding hydrogens is 1600 g/mol. The second kappa shape index (κ2) is 45.9. The fourth-order valence-corrected chi connectivity index (χ4v) is 14.2. The molecule has 39 heteroatoms. The Labute approximate surface area is 708 Å². The lowest BCUT2D eigenvalue weighted by Crippen LogP contribution is -2.32. The Kier molecular flexibility index (Phi) is 34.6. The van der Waals surface area contributed by atoms with Crippen molar-refractivity contribution in [3.05, 3.63) is 171 Å². The molecule has 1 atom stereocenters. The van der Waals surface area contributed by atoms with Crippen LogP contribution < -0.4 is 52.6 Å². The van der Waals surface area contributed by atoms with Crippen LogP contribution in [0.2, 0.25) is 5.02 Å². The van der Waals surface area contributed by atoms with Crippen molar-refractivity contribution in [2.75, 3.05) is 127 Å². The van der Waals surface area contributed by atoms with Gasteiger partial charge < -0.3 is 99.1 Å². The van der Waals surface area contributed by atoms with Crippen LogP contribution in [-0.2, 0) is 89.3 Å². The lowest BCUT2D eigenvalue weighted by molar-refractivity contribution is -0.122. The van der Waals surface area contributed by atoms with Crippen LogP contribution in [0.5, 0.6) is 5.75 Å². The Hall–Kier alpha value is -12.1. The Morgan fingerprint density at radius 2 is 1.02 bits per heavy atom. The number of Topliss-reactive ketones (excluding diaryl/α,β-unsaturated/α-hetero) is 1. The fraction of sp³-hybridized carbons (Fsp3) is 0.439. The van der Waals surface area contributed by atoms with Crippen LogP contribution in [0.1, 0.15) is 162 Å². The molecule has 37 nitrogen and oxygen atoms in total. The summed E-state index contributed by atoms with van der Waals surface area (Å²) >= 11 is 7.92. The van der Waals surface area contributed by atoms with E-state index in [1.807, 2.05) is 35.8 Å². The topological polar surface area (TPSA) is 441 Å². The van der Waals surface area contributed by atoms with Crippen molar-refractivity contribution in [1.82, 2.24) is 79.1 Å². The number of fused-ring (bicyclic) bond motifs is 3. The summed E-state index contributed by atoms with van der Waals surface area (Å²) in [5.74, 6) is -1.35. The van der Waals surface area contributed by atoms with Crippen LogP contribution in [-0.4, -0.2) is 223 Å². The lowest BCUT2D eigenvalue weighted by Gasteiger charge is -2.13. The van der Waals surface area contributed by atoms with Crippen LogP contribution in [0.25, 0.3) is 5.00 Å². The van der Waals surface area contributed by atoms with Gasteiger partial charge in [-0.2, -0.15) is 0 Å². The van der Waals surface area contributed by atoms with Gasteiger partial charge in [0.25, 0.3) is 23.6 Å². The Bertz CT molecular complexity index is 5090. The van der Waals surface area contributed by atoms with Gasteiger partial charge in [0.15, 0.2) is 29.1 Å². The minimum atomic E-state index is -0.596. The van der Waals surface area contributed by atoms with Gasteiger partial charge in [0.2, 0.25) is 41.1 Å². The molecule has 646 valence electrons. The Morgan fingerprint density at radius 3 is 1.62 bits per heavy atom. The number of rotatable bonds is 50. The number of ketones is 1. The van der Waals surface area contributed by atoms with Crippen molar-refractivity contribution < 1.29 is 76.4 Å². The first-order chi connectivity index (χ1) is 58.3. The SMILES string of the molecule is Cc1sc2c(c1C)C(c1ccc(Cl)cc1)=N[C@@H](CC(=O)Nc1ccc(OCCOCCOCCOCCOCCOCCC(=O)NCCCCCCCNC(=O)CCNC(=O)c3nc(NC(=O)CCNC(=O)c4cc(CC(=O)c5nc(NC(=O)CCNC(=O)c6cc(NC(=O)c7nccn7C)cn6C)cn5C)cn4C)cn3C)cc1)c1nnc(C)n1-2. The second-order valence-electron chi connectivity index (χ2n) is 28.5. The summed E-state index contributed by atoms with van der Waals surface area (Å²) < 4.78 is 43.4. The van der Waals surface area contributed by atoms with E-state index < -0.39 is 41.5 Å². The van der Waals surface area contributed by atoms with Gasteiger partial charge >= 0.3 is 0 Å². The molecule has 0 aliphatic carbocycles. The van der Waals surface area contributed by atoms with Crippen LogP contribution in [0.3, 0.4) is 0 Å². The van der Waals surface area contributed by atoms with Gasteiger partial charge in [-0.05, 0) is 93.3 Å². The second-order valence-corrected chi connectivity index (χ2v) is 30.2. The molecule has 9 N–H and O–H groups in total. The number of ether oxygens (including phenoxy) is 6. The summed E-state index contributed by atoms with van der Waals surface area (Å²) in [7, 11) is 8.15. The van der Waals surface area contributed by atoms with E-state index in [9.17, 15) is 47.9 Å². The van der Waals surface area contributed by atoms with E-state index in [0.717, 1.165) is 70.2 Å². The summed E-state index contributed by atoms with van der Waals surface area (Å²) in [6.45, 7) is 11.2. The average Bonchev–Trinajstić information content (AvgIpc) is 1.59. The zero-order valence-electron chi connectivity index (χ0n) is 69.1. The van der Waals surface area contributed by atoms with Gasteiger partial charge in [0.1, 0.15) is 40.6 Å². The monoisotopic (exact) mass is 1710 g/mol. The molecule has 121 heavy (non-hydrogen) atoms. The van der Waals surface area contributed by atoms with Gasteiger partial charge in [0.05, 0.1) is 83.9 Å². The van der Waals surface area contributed by atoms with Crippen LogP contribution in [0, 0.1) is 20.8 Å². The molecule has 0 fully saturated rings. The first-order valence-electron chi connectivity index (χ1n) is 39.8. The molecule has 1 aliphatic heterocycles. The summed E-state index contributed by atoms with van der Waals surface area (Å²) in [5, 5.41) is 35.3. The standard InChI is InChI=1S/C82H104ClN21O16S/c1-52-53(2)121-82-72(52)73(56-14-16-57(83)17-15-56)92-61(74-98-97-54(3)104(74)82)47-71(110)90-58-18-20-60(21-19-58)120-43-42-119-41-40-118-39-38-117-37-36-116-35-34-115-33-25-68(107)85-27-13-11-9-10-12-26-84-67(106)22-28-89-80(113)77-96-66(51-103(77)8)94-70(109)23-29-87-78(111)62-44-55(48-100(62)5)45-64(105)75-95-65(50-102(75)7)93-69(108)24-30-88-79(112)63-46-59(49-101(63)6)91-81(114)76-86-31-32-99(76)4/h14-21,31-32,44,46,48-51,61H,9-13,22-30,33-43,45,47H2,1-8H3,(H,84,106)(H,85,107)(H,87,111)(H,88,112)(H,89,113)(H,90,110)(H,91,114)(H,93,108)(H,94,109)/t61-/m0/s1. The number of hydrogen-bond donors (Lipinski definition) is 9. The van der Waals surface area contributed by atoms with E-state index in [0.29, 0.717) is 113 Å². The number of nitrogens with one attached hydrogen (secondary N) is 9. The highest BCUT2D eigenvalue weighted by Crippen LogP contribution is 2.40. The van der Waals surface area contributed by atoms with Crippen LogP contribution >= 0.6 is 22.9 Å². The summed E-state index contributed by atoms with van der Waals surface area (Å²) in [5.41, 5.74) is 5.79. The highest BCUT2D eigenvalue weighted by molar-refractivity contribution is 7.15. The molecular formula is C82H104ClN21O16S. The van der Waals surface area contributed by atoms with Crippen molar-refractivity contribution in [1.29, 1.82) is 0 Å². The largest absolute Gasteiger partial charge is 0.491 e. The summed E-state index contributed by atoms with van der Waals surface area (Å²) in [6, 6.07) is 17.2. The molecule has 1 aliphatic rings. The molecule has 7 aromatic heterocycles. The predicted molar refractivity (Wildman–Crippen MR) is 451 cm³/mol. The van der Waals surface area contributed by atoms with Crippen molar-refractivity contribution in [3.8, 4) is 10.8 Å². The van der Waals surface area contributed by atoms with E-state index in [1.165, 1.54) is 38.4 Å².